The second-order valence-electron chi connectivity index (χ2n) is 4.19. The molecule has 0 bridgehead atoms. The summed E-state index contributed by atoms with van der Waals surface area (Å²) in [6, 6.07) is 7.61. The van der Waals surface area contributed by atoms with E-state index in [4.69, 9.17) is 5.73 Å². The van der Waals surface area contributed by atoms with E-state index < -0.39 is 5.91 Å². The van der Waals surface area contributed by atoms with Gasteiger partial charge in [-0.15, -0.1) is 0 Å². The number of nitrogens with zero attached hydrogens (tertiary/aromatic N) is 2. The van der Waals surface area contributed by atoms with Gasteiger partial charge in [0.25, 0.3) is 0 Å². The van der Waals surface area contributed by atoms with Crippen LogP contribution in [0.3, 0.4) is 0 Å². The summed E-state index contributed by atoms with van der Waals surface area (Å²) in [7, 11) is 1.89. The normalized spacial score (nSPS) is 10.5. The third-order valence-electron chi connectivity index (χ3n) is 2.91. The van der Waals surface area contributed by atoms with Gasteiger partial charge in [-0.2, -0.15) is 5.10 Å². The Balaban J connectivity index is 2.53. The van der Waals surface area contributed by atoms with Crippen molar-refractivity contribution in [3.8, 4) is 11.3 Å². The molecular formula is C13H15N3O. The third-order valence-corrected chi connectivity index (χ3v) is 2.91. The number of rotatable bonds is 2. The molecule has 0 aliphatic rings. The number of aromatic nitrogens is 2. The first-order chi connectivity index (χ1) is 7.99. The molecule has 2 rings (SSSR count). The second-order valence-corrected chi connectivity index (χ2v) is 4.19. The number of carbonyl (C=O) groups is 1. The molecule has 4 heteroatoms. The van der Waals surface area contributed by atoms with E-state index in [0.29, 0.717) is 5.56 Å². The molecule has 0 saturated heterocycles. The maximum atomic E-state index is 11.3. The molecule has 88 valence electrons. The van der Waals surface area contributed by atoms with Crippen LogP contribution in [0.2, 0.25) is 0 Å². The minimum absolute atomic E-state index is 0.406. The van der Waals surface area contributed by atoms with Crippen molar-refractivity contribution < 1.29 is 4.79 Å². The molecule has 2 N–H and O–H groups in total. The van der Waals surface area contributed by atoms with Gasteiger partial charge in [0.15, 0.2) is 0 Å². The lowest BCUT2D eigenvalue weighted by molar-refractivity contribution is 0.1000. The van der Waals surface area contributed by atoms with Gasteiger partial charge >= 0.3 is 0 Å². The minimum Gasteiger partial charge on any atom is -0.366 e. The van der Waals surface area contributed by atoms with E-state index in [2.05, 4.69) is 5.10 Å². The highest BCUT2D eigenvalue weighted by atomic mass is 16.1. The molecule has 0 unspecified atom stereocenters. The highest BCUT2D eigenvalue weighted by molar-refractivity contribution is 5.95. The van der Waals surface area contributed by atoms with Gasteiger partial charge in [-0.1, -0.05) is 12.1 Å². The zero-order valence-electron chi connectivity index (χ0n) is 10.2. The van der Waals surface area contributed by atoms with Crippen molar-refractivity contribution in [2.75, 3.05) is 0 Å². The largest absolute Gasteiger partial charge is 0.366 e. The van der Waals surface area contributed by atoms with Gasteiger partial charge in [0.2, 0.25) is 5.91 Å². The van der Waals surface area contributed by atoms with Crippen molar-refractivity contribution >= 4 is 5.91 Å². The summed E-state index contributed by atoms with van der Waals surface area (Å²) in [5.74, 6) is -0.406. The Morgan fingerprint density at radius 1 is 1.29 bits per heavy atom. The zero-order valence-corrected chi connectivity index (χ0v) is 10.2. The van der Waals surface area contributed by atoms with Crippen molar-refractivity contribution in [2.24, 2.45) is 12.8 Å². The van der Waals surface area contributed by atoms with E-state index in [1.807, 2.05) is 39.1 Å². The van der Waals surface area contributed by atoms with Gasteiger partial charge in [0, 0.05) is 23.9 Å². The van der Waals surface area contributed by atoms with E-state index in [-0.39, 0.29) is 0 Å². The molecule has 0 fully saturated rings. The fraction of sp³-hybridized carbons (Fsp3) is 0.231. The van der Waals surface area contributed by atoms with Crippen LogP contribution in [0.1, 0.15) is 21.6 Å². The summed E-state index contributed by atoms with van der Waals surface area (Å²) >= 11 is 0. The van der Waals surface area contributed by atoms with Crippen LogP contribution in [0.25, 0.3) is 11.3 Å². The number of aryl methyl sites for hydroxylation is 3. The Labute approximate surface area is 100 Å². The summed E-state index contributed by atoms with van der Waals surface area (Å²) in [5.41, 5.74) is 9.60. The van der Waals surface area contributed by atoms with Crippen molar-refractivity contribution in [3.63, 3.8) is 0 Å². The molecule has 0 radical (unpaired) electrons. The molecule has 1 amide bonds. The molecule has 4 nitrogen and oxygen atoms in total. The number of hydrogen-bond donors (Lipinski definition) is 1. The van der Waals surface area contributed by atoms with Crippen LogP contribution >= 0.6 is 0 Å². The first-order valence-electron chi connectivity index (χ1n) is 5.40. The van der Waals surface area contributed by atoms with E-state index in [1.54, 1.807) is 10.7 Å². The molecule has 0 aliphatic carbocycles. The van der Waals surface area contributed by atoms with Crippen molar-refractivity contribution in [1.29, 1.82) is 0 Å². The number of hydrogen-bond acceptors (Lipinski definition) is 2. The quantitative estimate of drug-likeness (QED) is 0.853. The van der Waals surface area contributed by atoms with Gasteiger partial charge in [-0.3, -0.25) is 9.48 Å². The van der Waals surface area contributed by atoms with Crippen LogP contribution in [-0.2, 0) is 7.05 Å². The molecule has 0 saturated carbocycles. The summed E-state index contributed by atoms with van der Waals surface area (Å²) in [5, 5.41) is 4.38. The highest BCUT2D eigenvalue weighted by Crippen LogP contribution is 2.21. The van der Waals surface area contributed by atoms with Gasteiger partial charge in [-0.25, -0.2) is 0 Å². The topological polar surface area (TPSA) is 60.9 Å². The number of benzene rings is 1. The fourth-order valence-electron chi connectivity index (χ4n) is 1.75. The molecule has 17 heavy (non-hydrogen) atoms. The molecule has 0 atom stereocenters. The molecule has 1 aromatic heterocycles. The molecule has 0 aliphatic heterocycles. The van der Waals surface area contributed by atoms with Gasteiger partial charge in [0.05, 0.1) is 5.69 Å². The third kappa shape index (κ3) is 2.06. The zero-order chi connectivity index (χ0) is 12.6. The van der Waals surface area contributed by atoms with E-state index in [0.717, 1.165) is 22.5 Å². The average molecular weight is 229 g/mol. The van der Waals surface area contributed by atoms with E-state index >= 15 is 0 Å². The second kappa shape index (κ2) is 4.05. The number of nitrogens with two attached hydrogens (primary N) is 1. The standard InChI is InChI=1S/C13H15N3O/c1-8-4-5-10(7-11(8)13(14)17)12-6-9(2)16(3)15-12/h4-7H,1-3H3,(H2,14,17). The molecule has 1 heterocycles. The SMILES string of the molecule is Cc1ccc(-c2cc(C)n(C)n2)cc1C(N)=O. The van der Waals surface area contributed by atoms with Gasteiger partial charge in [0.1, 0.15) is 0 Å². The molecule has 2 aromatic rings. The lowest BCUT2D eigenvalue weighted by Gasteiger charge is -2.03. The summed E-state index contributed by atoms with van der Waals surface area (Å²) in [6.45, 7) is 3.85. The Hall–Kier alpha value is -2.10. The number of carbonyl (C=O) groups excluding carboxylic acids is 1. The first kappa shape index (κ1) is 11.4. The lowest BCUT2D eigenvalue weighted by Crippen LogP contribution is -2.12. The Morgan fingerprint density at radius 2 is 2.00 bits per heavy atom. The maximum absolute atomic E-state index is 11.3. The van der Waals surface area contributed by atoms with Crippen LogP contribution < -0.4 is 5.73 Å². The fourth-order valence-corrected chi connectivity index (χ4v) is 1.75. The minimum atomic E-state index is -0.406. The Kier molecular flexibility index (Phi) is 2.71. The van der Waals surface area contributed by atoms with Crippen LogP contribution in [0, 0.1) is 13.8 Å². The summed E-state index contributed by atoms with van der Waals surface area (Å²) in [4.78, 5) is 11.3. The van der Waals surface area contributed by atoms with Gasteiger partial charge in [-0.05, 0) is 31.5 Å². The van der Waals surface area contributed by atoms with E-state index in [9.17, 15) is 4.79 Å². The van der Waals surface area contributed by atoms with Crippen molar-refractivity contribution in [3.05, 3.63) is 41.1 Å². The smallest absolute Gasteiger partial charge is 0.248 e. The number of amides is 1. The Bertz CT molecular complexity index is 565. The van der Waals surface area contributed by atoms with Crippen molar-refractivity contribution in [2.45, 2.75) is 13.8 Å². The lowest BCUT2D eigenvalue weighted by atomic mass is 10.0. The van der Waals surface area contributed by atoms with E-state index in [1.165, 1.54) is 0 Å². The molecule has 0 spiro atoms. The van der Waals surface area contributed by atoms with Gasteiger partial charge < -0.3 is 5.73 Å². The number of primary amides is 1. The summed E-state index contributed by atoms with van der Waals surface area (Å²) in [6.07, 6.45) is 0. The van der Waals surface area contributed by atoms with Crippen LogP contribution in [0.4, 0.5) is 0 Å². The van der Waals surface area contributed by atoms with Crippen LogP contribution in [0.5, 0.6) is 0 Å². The predicted octanol–water partition coefficient (Wildman–Crippen LogP) is 1.80. The highest BCUT2D eigenvalue weighted by Gasteiger charge is 2.09. The van der Waals surface area contributed by atoms with Crippen LogP contribution in [0.15, 0.2) is 24.3 Å². The maximum Gasteiger partial charge on any atom is 0.248 e. The molecule has 1 aromatic carbocycles. The van der Waals surface area contributed by atoms with Crippen molar-refractivity contribution in [1.82, 2.24) is 9.78 Å². The predicted molar refractivity (Wildman–Crippen MR) is 66.6 cm³/mol. The Morgan fingerprint density at radius 3 is 2.53 bits per heavy atom. The molecular weight excluding hydrogens is 214 g/mol. The summed E-state index contributed by atoms with van der Waals surface area (Å²) < 4.78 is 1.80. The first-order valence-corrected chi connectivity index (χ1v) is 5.40. The monoisotopic (exact) mass is 229 g/mol. The average Bonchev–Trinajstić information content (AvgIpc) is 2.59. The van der Waals surface area contributed by atoms with Crippen LogP contribution in [-0.4, -0.2) is 15.7 Å².